The minimum Gasteiger partial charge on any atom is -0.493 e. The molecule has 0 fully saturated rings. The molecular weight excluding hydrogens is 328 g/mol. The van der Waals surface area contributed by atoms with Crippen molar-refractivity contribution in [1.29, 1.82) is 0 Å². The molecule has 3 rings (SSSR count). The zero-order valence-corrected chi connectivity index (χ0v) is 14.9. The van der Waals surface area contributed by atoms with Gasteiger partial charge < -0.3 is 14.8 Å². The lowest BCUT2D eigenvalue weighted by Gasteiger charge is -2.11. The Hall–Kier alpha value is -3.34. The summed E-state index contributed by atoms with van der Waals surface area (Å²) >= 11 is 0. The number of nitrogens with one attached hydrogen (secondary N) is 1. The minimum atomic E-state index is -0.187. The fraction of sp³-hybridized carbons (Fsp3) is 0.143. The predicted octanol–water partition coefficient (Wildman–Crippen LogP) is 4.75. The van der Waals surface area contributed by atoms with Gasteiger partial charge in [0, 0.05) is 11.4 Å². The highest BCUT2D eigenvalue weighted by atomic mass is 16.5. The fourth-order valence-electron chi connectivity index (χ4n) is 2.56. The highest BCUT2D eigenvalue weighted by molar-refractivity contribution is 6.05. The number of nitrogens with zero attached hydrogens (tertiary/aromatic N) is 1. The molecule has 5 heteroatoms. The zero-order chi connectivity index (χ0) is 18.5. The quantitative estimate of drug-likeness (QED) is 0.723. The van der Waals surface area contributed by atoms with Crippen molar-refractivity contribution in [2.24, 2.45) is 0 Å². The van der Waals surface area contributed by atoms with E-state index >= 15 is 0 Å². The molecule has 5 nitrogen and oxygen atoms in total. The van der Waals surface area contributed by atoms with E-state index in [4.69, 9.17) is 9.47 Å². The van der Waals surface area contributed by atoms with Crippen LogP contribution in [0.25, 0.3) is 0 Å². The third-order valence-corrected chi connectivity index (χ3v) is 3.88. The predicted molar refractivity (Wildman–Crippen MR) is 101 cm³/mol. The van der Waals surface area contributed by atoms with Gasteiger partial charge >= 0.3 is 0 Å². The van der Waals surface area contributed by atoms with Gasteiger partial charge in [-0.15, -0.1) is 0 Å². The van der Waals surface area contributed by atoms with Crippen LogP contribution in [0.2, 0.25) is 0 Å². The van der Waals surface area contributed by atoms with Crippen LogP contribution in [-0.4, -0.2) is 18.0 Å². The van der Waals surface area contributed by atoms with Gasteiger partial charge in [-0.1, -0.05) is 12.1 Å². The maximum atomic E-state index is 12.4. The van der Waals surface area contributed by atoms with Crippen LogP contribution in [0.15, 0.2) is 60.7 Å². The van der Waals surface area contributed by atoms with E-state index in [2.05, 4.69) is 10.3 Å². The van der Waals surface area contributed by atoms with Gasteiger partial charge in [-0.05, 0) is 62.4 Å². The van der Waals surface area contributed by atoms with E-state index in [0.29, 0.717) is 34.2 Å². The van der Waals surface area contributed by atoms with Crippen molar-refractivity contribution < 1.29 is 14.3 Å². The second-order valence-corrected chi connectivity index (χ2v) is 5.82. The molecule has 0 aliphatic carbocycles. The minimum absolute atomic E-state index is 0.187. The molecule has 26 heavy (non-hydrogen) atoms. The number of pyridine rings is 1. The number of hydrogen-bond acceptors (Lipinski definition) is 4. The molecule has 1 aromatic heterocycles. The number of aromatic nitrogens is 1. The van der Waals surface area contributed by atoms with Crippen molar-refractivity contribution in [2.75, 3.05) is 12.4 Å². The smallest absolute Gasteiger partial charge is 0.257 e. The summed E-state index contributed by atoms with van der Waals surface area (Å²) in [6.45, 7) is 3.72. The van der Waals surface area contributed by atoms with Gasteiger partial charge in [-0.2, -0.15) is 0 Å². The first kappa shape index (κ1) is 17.5. The lowest BCUT2D eigenvalue weighted by Crippen LogP contribution is -2.14. The Morgan fingerprint density at radius 3 is 2.27 bits per heavy atom. The first-order valence-corrected chi connectivity index (χ1v) is 8.23. The number of hydrogen-bond donors (Lipinski definition) is 1. The molecule has 0 unspecified atom stereocenters. The van der Waals surface area contributed by atoms with E-state index in [9.17, 15) is 4.79 Å². The number of carbonyl (C=O) groups excluding carboxylic acids is 1. The summed E-state index contributed by atoms with van der Waals surface area (Å²) in [6.07, 6.45) is 0. The van der Waals surface area contributed by atoms with Crippen molar-refractivity contribution in [1.82, 2.24) is 4.98 Å². The highest BCUT2D eigenvalue weighted by Crippen LogP contribution is 2.31. The summed E-state index contributed by atoms with van der Waals surface area (Å²) in [5.74, 6) is 1.76. The summed E-state index contributed by atoms with van der Waals surface area (Å²) in [6, 6.07) is 18.2. The normalized spacial score (nSPS) is 10.3. The SMILES string of the molecule is COc1ccccc1Oc1ccc(NC(=O)c2ccc(C)nc2C)cc1. The number of rotatable bonds is 5. The van der Waals surface area contributed by atoms with Gasteiger partial charge in [-0.25, -0.2) is 0 Å². The molecule has 3 aromatic rings. The molecule has 1 amide bonds. The molecule has 0 radical (unpaired) electrons. The summed E-state index contributed by atoms with van der Waals surface area (Å²) < 4.78 is 11.1. The monoisotopic (exact) mass is 348 g/mol. The molecule has 0 aliphatic rings. The van der Waals surface area contributed by atoms with E-state index in [0.717, 1.165) is 5.69 Å². The van der Waals surface area contributed by atoms with E-state index in [-0.39, 0.29) is 5.91 Å². The lowest BCUT2D eigenvalue weighted by molar-refractivity contribution is 0.102. The van der Waals surface area contributed by atoms with Crippen LogP contribution in [0.1, 0.15) is 21.7 Å². The molecular formula is C21H20N2O3. The molecule has 1 N–H and O–H groups in total. The zero-order valence-electron chi connectivity index (χ0n) is 14.9. The first-order chi connectivity index (χ1) is 12.6. The molecule has 2 aromatic carbocycles. The van der Waals surface area contributed by atoms with Crippen LogP contribution in [0.3, 0.4) is 0 Å². The second-order valence-electron chi connectivity index (χ2n) is 5.82. The lowest BCUT2D eigenvalue weighted by atomic mass is 10.1. The summed E-state index contributed by atoms with van der Waals surface area (Å²) in [7, 11) is 1.60. The number of aryl methyl sites for hydroxylation is 2. The Morgan fingerprint density at radius 2 is 1.62 bits per heavy atom. The Kier molecular flexibility index (Phi) is 5.17. The van der Waals surface area contributed by atoms with Crippen molar-refractivity contribution >= 4 is 11.6 Å². The molecule has 0 aliphatic heterocycles. The first-order valence-electron chi connectivity index (χ1n) is 8.23. The Balaban J connectivity index is 1.70. The van der Waals surface area contributed by atoms with E-state index in [1.165, 1.54) is 0 Å². The summed E-state index contributed by atoms with van der Waals surface area (Å²) in [5, 5.41) is 2.87. The van der Waals surface area contributed by atoms with Gasteiger partial charge in [0.1, 0.15) is 5.75 Å². The van der Waals surface area contributed by atoms with Gasteiger partial charge in [0.05, 0.1) is 18.4 Å². The average Bonchev–Trinajstić information content (AvgIpc) is 2.63. The fourth-order valence-corrected chi connectivity index (χ4v) is 2.56. The van der Waals surface area contributed by atoms with Crippen LogP contribution >= 0.6 is 0 Å². The number of benzene rings is 2. The molecule has 132 valence electrons. The van der Waals surface area contributed by atoms with E-state index in [1.54, 1.807) is 37.4 Å². The van der Waals surface area contributed by atoms with Crippen LogP contribution in [-0.2, 0) is 0 Å². The number of ether oxygens (including phenoxy) is 2. The highest BCUT2D eigenvalue weighted by Gasteiger charge is 2.11. The van der Waals surface area contributed by atoms with Gasteiger partial charge in [0.25, 0.3) is 5.91 Å². The summed E-state index contributed by atoms with van der Waals surface area (Å²) in [5.41, 5.74) is 2.84. The number of amides is 1. The van der Waals surface area contributed by atoms with Crippen LogP contribution in [0.5, 0.6) is 17.2 Å². The topological polar surface area (TPSA) is 60.5 Å². The average molecular weight is 348 g/mol. The molecule has 0 spiro atoms. The van der Waals surface area contributed by atoms with Gasteiger partial charge in [-0.3, -0.25) is 9.78 Å². The van der Waals surface area contributed by atoms with E-state index in [1.807, 2.05) is 44.2 Å². The van der Waals surface area contributed by atoms with Crippen LogP contribution in [0, 0.1) is 13.8 Å². The van der Waals surface area contributed by atoms with Crippen molar-refractivity contribution in [3.63, 3.8) is 0 Å². The maximum absolute atomic E-state index is 12.4. The number of anilines is 1. The largest absolute Gasteiger partial charge is 0.493 e. The molecule has 0 saturated heterocycles. The standard InChI is InChI=1S/C21H20N2O3/c1-14-8-13-18(15(2)22-14)21(24)23-16-9-11-17(12-10-16)26-20-7-5-4-6-19(20)25-3/h4-13H,1-3H3,(H,23,24). The number of methoxy groups -OCH3 is 1. The maximum Gasteiger partial charge on any atom is 0.257 e. The summed E-state index contributed by atoms with van der Waals surface area (Å²) in [4.78, 5) is 16.7. The molecule has 1 heterocycles. The second kappa shape index (κ2) is 7.70. The number of carbonyl (C=O) groups is 1. The molecule has 0 bridgehead atoms. The third-order valence-electron chi connectivity index (χ3n) is 3.88. The van der Waals surface area contributed by atoms with Crippen molar-refractivity contribution in [3.8, 4) is 17.2 Å². The molecule has 0 saturated carbocycles. The van der Waals surface area contributed by atoms with Crippen LogP contribution < -0.4 is 14.8 Å². The Bertz CT molecular complexity index is 921. The molecule has 0 atom stereocenters. The van der Waals surface area contributed by atoms with Crippen LogP contribution in [0.4, 0.5) is 5.69 Å². The number of para-hydroxylation sites is 2. The van der Waals surface area contributed by atoms with Gasteiger partial charge in [0.2, 0.25) is 0 Å². The van der Waals surface area contributed by atoms with Crippen molar-refractivity contribution in [2.45, 2.75) is 13.8 Å². The van der Waals surface area contributed by atoms with Crippen molar-refractivity contribution in [3.05, 3.63) is 77.6 Å². The van der Waals surface area contributed by atoms with E-state index < -0.39 is 0 Å². The third kappa shape index (κ3) is 4.00. The Morgan fingerprint density at radius 1 is 0.923 bits per heavy atom. The van der Waals surface area contributed by atoms with Gasteiger partial charge in [0.15, 0.2) is 11.5 Å². The Labute approximate surface area is 152 Å².